The zero-order valence-electron chi connectivity index (χ0n) is 14.6. The monoisotopic (exact) mass is 344 g/mol. The number of hydrogen-bond acceptors (Lipinski definition) is 5. The minimum absolute atomic E-state index is 0.00474. The Hall–Kier alpha value is -1.38. The lowest BCUT2D eigenvalue weighted by molar-refractivity contribution is -0.143. The van der Waals surface area contributed by atoms with E-state index < -0.39 is 26.4 Å². The molecule has 2 N–H and O–H groups in total. The van der Waals surface area contributed by atoms with Gasteiger partial charge in [-0.1, -0.05) is 33.4 Å². The molecule has 2 atom stereocenters. The standard InChI is InChI=1S/C15H28N2O5Si/c1-7-8-21-14(20)17-10-11(9-12(16-17)13(18)19)22-23(5,6)15(2,3)4/h7,11-12,16H,1,8-10H2,2-6H3,(H,18,19)/t11-,12-/m0/s1. The number of nitrogens with zero attached hydrogens (tertiary/aromatic N) is 1. The number of hydrazine groups is 1. The molecular weight excluding hydrogens is 316 g/mol. The van der Waals surface area contributed by atoms with Crippen LogP contribution in [0.5, 0.6) is 0 Å². The van der Waals surface area contributed by atoms with Crippen LogP contribution in [0, 0.1) is 0 Å². The Morgan fingerprint density at radius 2 is 2.04 bits per heavy atom. The quantitative estimate of drug-likeness (QED) is 0.588. The molecule has 0 unspecified atom stereocenters. The Kier molecular flexibility index (Phi) is 6.38. The first-order chi connectivity index (χ1) is 10.5. The van der Waals surface area contributed by atoms with Crippen molar-refractivity contribution in [2.45, 2.75) is 57.5 Å². The summed E-state index contributed by atoms with van der Waals surface area (Å²) in [6.07, 6.45) is 0.807. The molecule has 132 valence electrons. The van der Waals surface area contributed by atoms with E-state index in [-0.39, 0.29) is 24.3 Å². The molecule has 1 rings (SSSR count). The normalized spacial score (nSPS) is 22.6. The molecule has 23 heavy (non-hydrogen) atoms. The molecule has 1 heterocycles. The van der Waals surface area contributed by atoms with Crippen LogP contribution in [0.4, 0.5) is 4.79 Å². The lowest BCUT2D eigenvalue weighted by Gasteiger charge is -2.43. The summed E-state index contributed by atoms with van der Waals surface area (Å²) in [5.74, 6) is -1.02. The number of nitrogens with one attached hydrogen (secondary N) is 1. The van der Waals surface area contributed by atoms with Crippen molar-refractivity contribution in [3.8, 4) is 0 Å². The van der Waals surface area contributed by atoms with Gasteiger partial charge in [-0.05, 0) is 18.1 Å². The first-order valence-corrected chi connectivity index (χ1v) is 10.6. The number of carboxylic acids is 1. The van der Waals surface area contributed by atoms with Crippen LogP contribution >= 0.6 is 0 Å². The Balaban J connectivity index is 2.84. The van der Waals surface area contributed by atoms with E-state index in [1.165, 1.54) is 11.1 Å². The summed E-state index contributed by atoms with van der Waals surface area (Å²) in [6, 6.07) is -0.880. The summed E-state index contributed by atoms with van der Waals surface area (Å²) in [5.41, 5.74) is 2.68. The van der Waals surface area contributed by atoms with Gasteiger partial charge in [-0.2, -0.15) is 0 Å². The third kappa shape index (κ3) is 5.33. The third-order valence-electron chi connectivity index (χ3n) is 4.31. The van der Waals surface area contributed by atoms with Crippen LogP contribution in [-0.4, -0.2) is 55.8 Å². The molecule has 0 radical (unpaired) electrons. The maximum absolute atomic E-state index is 12.0. The first-order valence-electron chi connectivity index (χ1n) is 7.70. The van der Waals surface area contributed by atoms with Crippen LogP contribution in [0.2, 0.25) is 18.1 Å². The van der Waals surface area contributed by atoms with Crippen molar-refractivity contribution < 1.29 is 23.9 Å². The van der Waals surface area contributed by atoms with Gasteiger partial charge in [0.15, 0.2) is 8.32 Å². The fourth-order valence-electron chi connectivity index (χ4n) is 2.00. The minimum Gasteiger partial charge on any atom is -0.480 e. The van der Waals surface area contributed by atoms with E-state index in [1.54, 1.807) is 0 Å². The molecule has 1 amide bonds. The predicted molar refractivity (Wildman–Crippen MR) is 89.5 cm³/mol. The number of hydrogen-bond donors (Lipinski definition) is 2. The fraction of sp³-hybridized carbons (Fsp3) is 0.733. The second-order valence-corrected chi connectivity index (χ2v) is 12.0. The van der Waals surface area contributed by atoms with Crippen LogP contribution in [0.25, 0.3) is 0 Å². The summed E-state index contributed by atoms with van der Waals surface area (Å²) >= 11 is 0. The molecule has 0 aromatic rings. The molecule has 0 saturated carbocycles. The number of carbonyl (C=O) groups is 2. The number of rotatable bonds is 5. The van der Waals surface area contributed by atoms with Gasteiger partial charge in [-0.15, -0.1) is 0 Å². The van der Waals surface area contributed by atoms with Crippen LogP contribution in [0.3, 0.4) is 0 Å². The molecule has 0 bridgehead atoms. The highest BCUT2D eigenvalue weighted by Gasteiger charge is 2.42. The van der Waals surface area contributed by atoms with Crippen molar-refractivity contribution in [2.75, 3.05) is 13.2 Å². The number of carboxylic acid groups (broad SMARTS) is 1. The first kappa shape index (κ1) is 19.7. The van der Waals surface area contributed by atoms with Crippen molar-refractivity contribution in [2.24, 2.45) is 0 Å². The maximum Gasteiger partial charge on any atom is 0.424 e. The van der Waals surface area contributed by atoms with Crippen LogP contribution in [-0.2, 0) is 14.0 Å². The molecule has 0 spiro atoms. The van der Waals surface area contributed by atoms with Gasteiger partial charge >= 0.3 is 12.1 Å². The van der Waals surface area contributed by atoms with Gasteiger partial charge in [0.1, 0.15) is 12.6 Å². The molecule has 1 fully saturated rings. The van der Waals surface area contributed by atoms with Gasteiger partial charge in [0.25, 0.3) is 0 Å². The van der Waals surface area contributed by atoms with E-state index in [1.807, 2.05) is 0 Å². The lowest BCUT2D eigenvalue weighted by Crippen LogP contribution is -2.61. The Bertz CT molecular complexity index is 461. The molecule has 0 aliphatic carbocycles. The van der Waals surface area contributed by atoms with E-state index in [4.69, 9.17) is 9.16 Å². The van der Waals surface area contributed by atoms with Crippen molar-refractivity contribution in [3.05, 3.63) is 12.7 Å². The van der Waals surface area contributed by atoms with Crippen molar-refractivity contribution >= 4 is 20.4 Å². The van der Waals surface area contributed by atoms with Crippen molar-refractivity contribution in [1.82, 2.24) is 10.4 Å². The Morgan fingerprint density at radius 3 is 2.52 bits per heavy atom. The van der Waals surface area contributed by atoms with Crippen LogP contribution in [0.1, 0.15) is 27.2 Å². The lowest BCUT2D eigenvalue weighted by atomic mass is 10.1. The largest absolute Gasteiger partial charge is 0.480 e. The molecule has 7 nitrogen and oxygen atoms in total. The zero-order chi connectivity index (χ0) is 17.8. The Labute approximate surface area is 138 Å². The number of aliphatic carboxylic acids is 1. The van der Waals surface area contributed by atoms with Crippen LogP contribution < -0.4 is 5.43 Å². The van der Waals surface area contributed by atoms with Gasteiger partial charge in [0, 0.05) is 6.42 Å². The SMILES string of the molecule is C=CCOC(=O)N1C[C@@H](O[Si](C)(C)C(C)(C)C)C[C@@H](C(=O)O)N1. The number of ether oxygens (including phenoxy) is 1. The molecule has 0 aromatic heterocycles. The molecule has 1 aliphatic heterocycles. The molecular formula is C15H28N2O5Si. The van der Waals surface area contributed by atoms with E-state index in [0.717, 1.165) is 0 Å². The smallest absolute Gasteiger partial charge is 0.424 e. The van der Waals surface area contributed by atoms with Gasteiger partial charge in [-0.25, -0.2) is 15.2 Å². The zero-order valence-corrected chi connectivity index (χ0v) is 15.6. The van der Waals surface area contributed by atoms with Crippen LogP contribution in [0.15, 0.2) is 12.7 Å². The van der Waals surface area contributed by atoms with Gasteiger partial charge in [0.05, 0.1) is 12.6 Å². The molecule has 0 aromatic carbocycles. The van der Waals surface area contributed by atoms with E-state index in [0.29, 0.717) is 6.42 Å². The topological polar surface area (TPSA) is 88.1 Å². The Morgan fingerprint density at radius 1 is 1.43 bits per heavy atom. The van der Waals surface area contributed by atoms with Crippen molar-refractivity contribution in [3.63, 3.8) is 0 Å². The highest BCUT2D eigenvalue weighted by molar-refractivity contribution is 6.74. The van der Waals surface area contributed by atoms with E-state index in [9.17, 15) is 14.7 Å². The maximum atomic E-state index is 12.0. The number of carbonyl (C=O) groups excluding carboxylic acids is 1. The molecule has 1 saturated heterocycles. The highest BCUT2D eigenvalue weighted by atomic mass is 28.4. The van der Waals surface area contributed by atoms with Crippen molar-refractivity contribution in [1.29, 1.82) is 0 Å². The van der Waals surface area contributed by atoms with Gasteiger partial charge < -0.3 is 14.3 Å². The van der Waals surface area contributed by atoms with Gasteiger partial charge in [0.2, 0.25) is 0 Å². The second-order valence-electron chi connectivity index (χ2n) is 7.23. The van der Waals surface area contributed by atoms with E-state index >= 15 is 0 Å². The molecule has 1 aliphatic rings. The summed E-state index contributed by atoms with van der Waals surface area (Å²) in [4.78, 5) is 23.3. The second kappa shape index (κ2) is 7.46. The average Bonchev–Trinajstić information content (AvgIpc) is 2.42. The third-order valence-corrected chi connectivity index (χ3v) is 8.84. The predicted octanol–water partition coefficient (Wildman–Crippen LogP) is 2.36. The average molecular weight is 344 g/mol. The fourth-order valence-corrected chi connectivity index (χ4v) is 3.36. The summed E-state index contributed by atoms with van der Waals surface area (Å²) in [5, 5.41) is 10.5. The highest BCUT2D eigenvalue weighted by Crippen LogP contribution is 2.38. The minimum atomic E-state index is -2.06. The summed E-state index contributed by atoms with van der Waals surface area (Å²) in [7, 11) is -2.06. The van der Waals surface area contributed by atoms with Gasteiger partial charge in [-0.3, -0.25) is 4.79 Å². The summed E-state index contributed by atoms with van der Waals surface area (Å²) < 4.78 is 11.2. The molecule has 8 heteroatoms. The summed E-state index contributed by atoms with van der Waals surface area (Å²) in [6.45, 7) is 14.4. The van der Waals surface area contributed by atoms with E-state index in [2.05, 4.69) is 45.9 Å². The number of amides is 1.